The van der Waals surface area contributed by atoms with Crippen molar-refractivity contribution in [2.45, 2.75) is 25.3 Å². The number of carboxylic acids is 1. The number of nitrogens with one attached hydrogen (secondary N) is 2. The number of hydrogen-bond donors (Lipinski definition) is 3. The third-order valence-electron chi connectivity index (χ3n) is 4.66. The highest BCUT2D eigenvalue weighted by Crippen LogP contribution is 2.28. The normalized spacial score (nSPS) is 13.2. The van der Waals surface area contributed by atoms with Crippen molar-refractivity contribution >= 4 is 17.8 Å². The van der Waals surface area contributed by atoms with Gasteiger partial charge in [-0.3, -0.25) is 9.59 Å². The Kier molecular flexibility index (Phi) is 5.93. The van der Waals surface area contributed by atoms with Gasteiger partial charge in [-0.2, -0.15) is 0 Å². The molecule has 1 atom stereocenters. The lowest BCUT2D eigenvalue weighted by Crippen LogP contribution is -2.33. The molecule has 3 rings (SSSR count). The number of carbonyl (C=O) groups excluding carboxylic acids is 2. The highest BCUT2D eigenvalue weighted by Gasteiger charge is 2.24. The number of ether oxygens (including phenoxy) is 1. The van der Waals surface area contributed by atoms with Crippen LogP contribution in [-0.4, -0.2) is 36.5 Å². The zero-order valence-electron chi connectivity index (χ0n) is 15.5. The summed E-state index contributed by atoms with van der Waals surface area (Å²) < 4.78 is 5.43. The van der Waals surface area contributed by atoms with E-state index in [1.807, 2.05) is 6.07 Å². The van der Waals surface area contributed by atoms with Crippen LogP contribution in [-0.2, 0) is 22.4 Å². The Morgan fingerprint density at radius 2 is 2.00 bits per heavy atom. The van der Waals surface area contributed by atoms with Crippen LogP contribution in [0.15, 0.2) is 42.5 Å². The SMILES string of the molecule is CNC(=O)c1cccc(CCC(=O)NC(C(=O)O)c2ccc3c(c2)CCO3)c1. The van der Waals surface area contributed by atoms with Gasteiger partial charge < -0.3 is 20.5 Å². The molecular formula is C21H22N2O5. The first-order valence-corrected chi connectivity index (χ1v) is 9.06. The van der Waals surface area contributed by atoms with Crippen LogP contribution >= 0.6 is 0 Å². The van der Waals surface area contributed by atoms with Gasteiger partial charge in [0, 0.05) is 25.5 Å². The molecule has 7 nitrogen and oxygen atoms in total. The summed E-state index contributed by atoms with van der Waals surface area (Å²) in [5.74, 6) is -0.920. The summed E-state index contributed by atoms with van der Waals surface area (Å²) in [4.78, 5) is 35.7. The van der Waals surface area contributed by atoms with Gasteiger partial charge in [-0.05, 0) is 47.4 Å². The van der Waals surface area contributed by atoms with Crippen LogP contribution in [0.5, 0.6) is 5.75 Å². The Balaban J connectivity index is 1.64. The summed E-state index contributed by atoms with van der Waals surface area (Å²) in [5, 5.41) is 14.7. The number of hydrogen-bond acceptors (Lipinski definition) is 4. The lowest BCUT2D eigenvalue weighted by Gasteiger charge is -2.16. The second-order valence-corrected chi connectivity index (χ2v) is 6.58. The Labute approximate surface area is 162 Å². The number of amides is 2. The molecule has 7 heteroatoms. The van der Waals surface area contributed by atoms with Gasteiger partial charge in [-0.1, -0.05) is 18.2 Å². The molecule has 0 spiro atoms. The van der Waals surface area contributed by atoms with Gasteiger partial charge in [0.05, 0.1) is 6.61 Å². The molecule has 0 radical (unpaired) electrons. The number of benzene rings is 2. The van der Waals surface area contributed by atoms with Crippen molar-refractivity contribution in [3.63, 3.8) is 0 Å². The van der Waals surface area contributed by atoms with Crippen molar-refractivity contribution in [1.29, 1.82) is 0 Å². The molecule has 3 N–H and O–H groups in total. The minimum Gasteiger partial charge on any atom is -0.493 e. The molecule has 28 heavy (non-hydrogen) atoms. The van der Waals surface area contributed by atoms with E-state index in [1.165, 1.54) is 0 Å². The van der Waals surface area contributed by atoms with E-state index in [4.69, 9.17) is 4.74 Å². The zero-order valence-corrected chi connectivity index (χ0v) is 15.5. The molecule has 0 aromatic heterocycles. The average Bonchev–Trinajstić information content (AvgIpc) is 3.17. The highest BCUT2D eigenvalue weighted by molar-refractivity contribution is 5.94. The quantitative estimate of drug-likeness (QED) is 0.678. The predicted octanol–water partition coefficient (Wildman–Crippen LogP) is 1.86. The summed E-state index contributed by atoms with van der Waals surface area (Å²) in [6, 6.07) is 11.1. The molecule has 0 aliphatic carbocycles. The van der Waals surface area contributed by atoms with Crippen LogP contribution in [0.2, 0.25) is 0 Å². The molecule has 1 aliphatic rings. The lowest BCUT2D eigenvalue weighted by atomic mass is 10.0. The molecule has 1 aliphatic heterocycles. The van der Waals surface area contributed by atoms with E-state index in [0.29, 0.717) is 24.2 Å². The van der Waals surface area contributed by atoms with Crippen molar-refractivity contribution < 1.29 is 24.2 Å². The Morgan fingerprint density at radius 1 is 1.18 bits per heavy atom. The molecule has 1 unspecified atom stereocenters. The van der Waals surface area contributed by atoms with Crippen molar-refractivity contribution in [3.05, 3.63) is 64.7 Å². The smallest absolute Gasteiger partial charge is 0.330 e. The fraction of sp³-hybridized carbons (Fsp3) is 0.286. The molecule has 2 amide bonds. The van der Waals surface area contributed by atoms with Crippen molar-refractivity contribution in [3.8, 4) is 5.75 Å². The largest absolute Gasteiger partial charge is 0.493 e. The van der Waals surface area contributed by atoms with Crippen LogP contribution < -0.4 is 15.4 Å². The van der Waals surface area contributed by atoms with Crippen LogP contribution in [0.1, 0.15) is 39.5 Å². The zero-order chi connectivity index (χ0) is 20.1. The minimum atomic E-state index is -1.12. The molecule has 0 fully saturated rings. The van der Waals surface area contributed by atoms with Crippen molar-refractivity contribution in [2.75, 3.05) is 13.7 Å². The molecule has 2 aromatic carbocycles. The van der Waals surface area contributed by atoms with Gasteiger partial charge in [0.2, 0.25) is 5.91 Å². The lowest BCUT2D eigenvalue weighted by molar-refractivity contribution is -0.142. The van der Waals surface area contributed by atoms with Crippen molar-refractivity contribution in [1.82, 2.24) is 10.6 Å². The van der Waals surface area contributed by atoms with Gasteiger partial charge in [0.1, 0.15) is 5.75 Å². The molecule has 1 heterocycles. The fourth-order valence-electron chi connectivity index (χ4n) is 3.18. The van der Waals surface area contributed by atoms with Gasteiger partial charge in [-0.15, -0.1) is 0 Å². The van der Waals surface area contributed by atoms with Crippen molar-refractivity contribution in [2.24, 2.45) is 0 Å². The fourth-order valence-corrected chi connectivity index (χ4v) is 3.18. The maximum Gasteiger partial charge on any atom is 0.330 e. The standard InChI is InChI=1S/C21H22N2O5/c1-22-20(25)16-4-2-3-13(11-16)5-8-18(24)23-19(21(26)27)15-6-7-17-14(12-15)9-10-28-17/h2-4,6-7,11-12,19H,5,8-10H2,1H3,(H,22,25)(H,23,24)(H,26,27). The number of carbonyl (C=O) groups is 3. The highest BCUT2D eigenvalue weighted by atomic mass is 16.5. The molecule has 2 aromatic rings. The summed E-state index contributed by atoms with van der Waals surface area (Å²) in [6.45, 7) is 0.581. The van der Waals surface area contributed by atoms with Crippen LogP contribution in [0.4, 0.5) is 0 Å². The summed E-state index contributed by atoms with van der Waals surface area (Å²) in [7, 11) is 1.56. The molecule has 0 bridgehead atoms. The van der Waals surface area contributed by atoms with Crippen LogP contribution in [0.3, 0.4) is 0 Å². The molecular weight excluding hydrogens is 360 g/mol. The monoisotopic (exact) mass is 382 g/mol. The van der Waals surface area contributed by atoms with Gasteiger partial charge >= 0.3 is 5.97 Å². The van der Waals surface area contributed by atoms with Gasteiger partial charge in [0.25, 0.3) is 5.91 Å². The summed E-state index contributed by atoms with van der Waals surface area (Å²) >= 11 is 0. The summed E-state index contributed by atoms with van der Waals surface area (Å²) in [6.07, 6.45) is 1.25. The number of aliphatic carboxylic acids is 1. The van der Waals surface area contributed by atoms with E-state index < -0.39 is 12.0 Å². The van der Waals surface area contributed by atoms with Gasteiger partial charge in [0.15, 0.2) is 6.04 Å². The predicted molar refractivity (Wildman–Crippen MR) is 102 cm³/mol. The maximum atomic E-state index is 12.3. The van der Waals surface area contributed by atoms with Crippen LogP contribution in [0.25, 0.3) is 0 Å². The Morgan fingerprint density at radius 3 is 2.75 bits per heavy atom. The van der Waals surface area contributed by atoms with E-state index in [0.717, 1.165) is 23.3 Å². The second kappa shape index (κ2) is 8.56. The third-order valence-corrected chi connectivity index (χ3v) is 4.66. The molecule has 146 valence electrons. The number of carboxylic acid groups (broad SMARTS) is 1. The first-order chi connectivity index (χ1) is 13.5. The number of aryl methyl sites for hydroxylation is 1. The first-order valence-electron chi connectivity index (χ1n) is 9.06. The van der Waals surface area contributed by atoms with Gasteiger partial charge in [-0.25, -0.2) is 4.79 Å². The van der Waals surface area contributed by atoms with E-state index in [-0.39, 0.29) is 18.2 Å². The number of rotatable bonds is 7. The van der Waals surface area contributed by atoms with E-state index in [2.05, 4.69) is 10.6 Å². The first kappa shape index (κ1) is 19.4. The van der Waals surface area contributed by atoms with E-state index >= 15 is 0 Å². The van der Waals surface area contributed by atoms with Crippen LogP contribution in [0, 0.1) is 0 Å². The maximum absolute atomic E-state index is 12.3. The molecule has 0 saturated carbocycles. The topological polar surface area (TPSA) is 105 Å². The Hall–Kier alpha value is -3.35. The minimum absolute atomic E-state index is 0.120. The van der Waals surface area contributed by atoms with E-state index in [1.54, 1.807) is 43.4 Å². The van der Waals surface area contributed by atoms with E-state index in [9.17, 15) is 19.5 Å². The summed E-state index contributed by atoms with van der Waals surface area (Å²) in [5.41, 5.74) is 2.82. The average molecular weight is 382 g/mol. The number of fused-ring (bicyclic) bond motifs is 1. The Bertz CT molecular complexity index is 909. The molecule has 0 saturated heterocycles. The third kappa shape index (κ3) is 4.49. The second-order valence-electron chi connectivity index (χ2n) is 6.58.